The molecule has 0 amide bonds. The summed E-state index contributed by atoms with van der Waals surface area (Å²) in [5, 5.41) is 0.486. The molecule has 1 aliphatic rings. The van der Waals surface area contributed by atoms with E-state index in [1.807, 2.05) is 0 Å². The van der Waals surface area contributed by atoms with Gasteiger partial charge < -0.3 is 4.72 Å². The van der Waals surface area contributed by atoms with Crippen LogP contribution in [0.25, 0.3) is 0 Å². The molecule has 0 aromatic heterocycles. The Kier molecular flexibility index (Phi) is 2.21. The third-order valence-corrected chi connectivity index (χ3v) is 1.90. The zero-order chi connectivity index (χ0) is 5.82. The van der Waals surface area contributed by atoms with Gasteiger partial charge in [-0.05, 0) is 18.4 Å². The van der Waals surface area contributed by atoms with Crippen LogP contribution in [0.5, 0.6) is 0 Å². The molecular weight excluding hydrogens is 120 g/mol. The molecule has 0 saturated carbocycles. The Balaban J connectivity index is 2.16. The standard InChI is InChI=1S/C5H10N2S/c1-2-3-5-6-4-7-8-5/h4-5H,2-3H2,1H3,(H,6,7). The van der Waals surface area contributed by atoms with Crippen LogP contribution < -0.4 is 4.72 Å². The van der Waals surface area contributed by atoms with Crippen LogP contribution in [0, 0.1) is 0 Å². The van der Waals surface area contributed by atoms with E-state index in [1.165, 1.54) is 12.8 Å². The van der Waals surface area contributed by atoms with Crippen LogP contribution in [0.1, 0.15) is 19.8 Å². The summed E-state index contributed by atoms with van der Waals surface area (Å²) in [5.41, 5.74) is 0. The largest absolute Gasteiger partial charge is 0.319 e. The van der Waals surface area contributed by atoms with Gasteiger partial charge in [-0.2, -0.15) is 0 Å². The number of aliphatic imine (C=N–C) groups is 1. The van der Waals surface area contributed by atoms with Gasteiger partial charge in [-0.3, -0.25) is 4.99 Å². The van der Waals surface area contributed by atoms with Crippen LogP contribution in [0.2, 0.25) is 0 Å². The van der Waals surface area contributed by atoms with Crippen molar-refractivity contribution >= 4 is 18.3 Å². The van der Waals surface area contributed by atoms with E-state index in [-0.39, 0.29) is 0 Å². The second-order valence-electron chi connectivity index (χ2n) is 1.76. The van der Waals surface area contributed by atoms with Crippen molar-refractivity contribution < 1.29 is 0 Å². The fourth-order valence-electron chi connectivity index (χ4n) is 0.633. The Morgan fingerprint density at radius 1 is 1.88 bits per heavy atom. The highest BCUT2D eigenvalue weighted by Gasteiger charge is 2.07. The number of nitrogens with zero attached hydrogens (tertiary/aromatic N) is 1. The molecule has 0 bridgehead atoms. The number of hydrogen-bond acceptors (Lipinski definition) is 3. The highest BCUT2D eigenvalue weighted by Crippen LogP contribution is 2.16. The summed E-state index contributed by atoms with van der Waals surface area (Å²) in [6.45, 7) is 2.17. The Labute approximate surface area is 53.9 Å². The van der Waals surface area contributed by atoms with Crippen molar-refractivity contribution in [1.82, 2.24) is 4.72 Å². The van der Waals surface area contributed by atoms with Crippen molar-refractivity contribution in [3.8, 4) is 0 Å². The van der Waals surface area contributed by atoms with Gasteiger partial charge in [-0.1, -0.05) is 13.3 Å². The summed E-state index contributed by atoms with van der Waals surface area (Å²) >= 11 is 1.69. The van der Waals surface area contributed by atoms with E-state index in [0.29, 0.717) is 5.37 Å². The predicted molar refractivity (Wildman–Crippen MR) is 37.9 cm³/mol. The third-order valence-electron chi connectivity index (χ3n) is 1.03. The maximum absolute atomic E-state index is 4.15. The first-order chi connectivity index (χ1) is 3.93. The summed E-state index contributed by atoms with van der Waals surface area (Å²) in [6, 6.07) is 0. The summed E-state index contributed by atoms with van der Waals surface area (Å²) in [5.74, 6) is 0. The molecule has 1 rings (SSSR count). The molecule has 46 valence electrons. The van der Waals surface area contributed by atoms with Crippen molar-refractivity contribution in [2.75, 3.05) is 0 Å². The first kappa shape index (κ1) is 5.95. The van der Waals surface area contributed by atoms with Crippen LogP contribution >= 0.6 is 11.9 Å². The summed E-state index contributed by atoms with van der Waals surface area (Å²) < 4.78 is 2.98. The van der Waals surface area contributed by atoms with E-state index in [2.05, 4.69) is 16.6 Å². The van der Waals surface area contributed by atoms with Crippen molar-refractivity contribution in [2.24, 2.45) is 4.99 Å². The topological polar surface area (TPSA) is 24.4 Å². The van der Waals surface area contributed by atoms with Crippen LogP contribution in [-0.4, -0.2) is 11.7 Å². The van der Waals surface area contributed by atoms with Gasteiger partial charge in [0.05, 0.1) is 6.34 Å². The van der Waals surface area contributed by atoms with E-state index in [1.54, 1.807) is 18.3 Å². The molecule has 1 heterocycles. The quantitative estimate of drug-likeness (QED) is 0.571. The number of rotatable bonds is 2. The fraction of sp³-hybridized carbons (Fsp3) is 0.800. The molecule has 0 aromatic rings. The number of hydrogen-bond donors (Lipinski definition) is 1. The average Bonchev–Trinajstić information content (AvgIpc) is 2.19. The molecular formula is C5H10N2S. The molecule has 1 N–H and O–H groups in total. The maximum Gasteiger partial charge on any atom is 0.116 e. The van der Waals surface area contributed by atoms with Gasteiger partial charge in [-0.25, -0.2) is 0 Å². The van der Waals surface area contributed by atoms with Gasteiger partial charge in [-0.15, -0.1) is 0 Å². The first-order valence-electron chi connectivity index (χ1n) is 2.86. The molecule has 8 heavy (non-hydrogen) atoms. The van der Waals surface area contributed by atoms with Crippen molar-refractivity contribution in [3.63, 3.8) is 0 Å². The second-order valence-corrected chi connectivity index (χ2v) is 2.77. The lowest BCUT2D eigenvalue weighted by atomic mass is 10.3. The fourth-order valence-corrected chi connectivity index (χ4v) is 1.39. The van der Waals surface area contributed by atoms with Crippen molar-refractivity contribution in [3.05, 3.63) is 0 Å². The molecule has 2 nitrogen and oxygen atoms in total. The highest BCUT2D eigenvalue weighted by molar-refractivity contribution is 7.98. The van der Waals surface area contributed by atoms with Gasteiger partial charge in [0.15, 0.2) is 0 Å². The smallest absolute Gasteiger partial charge is 0.116 e. The molecule has 1 atom stereocenters. The Morgan fingerprint density at radius 2 is 2.75 bits per heavy atom. The predicted octanol–water partition coefficient (Wildman–Crippen LogP) is 1.39. The molecule has 0 aliphatic carbocycles. The molecule has 0 saturated heterocycles. The van der Waals surface area contributed by atoms with Gasteiger partial charge in [0.1, 0.15) is 5.37 Å². The minimum atomic E-state index is 0.486. The van der Waals surface area contributed by atoms with Gasteiger partial charge in [0.25, 0.3) is 0 Å². The van der Waals surface area contributed by atoms with Crippen LogP contribution in [0.4, 0.5) is 0 Å². The van der Waals surface area contributed by atoms with E-state index in [0.717, 1.165) is 0 Å². The lowest BCUT2D eigenvalue weighted by Gasteiger charge is -1.99. The second kappa shape index (κ2) is 2.97. The van der Waals surface area contributed by atoms with E-state index < -0.39 is 0 Å². The first-order valence-corrected chi connectivity index (χ1v) is 3.74. The Bertz CT molecular complexity index is 92.4. The van der Waals surface area contributed by atoms with E-state index in [9.17, 15) is 0 Å². The third kappa shape index (κ3) is 1.40. The Morgan fingerprint density at radius 3 is 3.25 bits per heavy atom. The molecule has 1 unspecified atom stereocenters. The lowest BCUT2D eigenvalue weighted by molar-refractivity contribution is 0.774. The summed E-state index contributed by atoms with van der Waals surface area (Å²) in [7, 11) is 0. The van der Waals surface area contributed by atoms with Crippen molar-refractivity contribution in [1.29, 1.82) is 0 Å². The summed E-state index contributed by atoms with van der Waals surface area (Å²) in [6.07, 6.45) is 4.18. The molecule has 1 aliphatic heterocycles. The Hall–Kier alpha value is -0.180. The molecule has 0 radical (unpaired) electrons. The molecule has 3 heteroatoms. The molecule has 0 spiro atoms. The van der Waals surface area contributed by atoms with Crippen LogP contribution in [0.3, 0.4) is 0 Å². The highest BCUT2D eigenvalue weighted by atomic mass is 32.2. The van der Waals surface area contributed by atoms with Crippen LogP contribution in [-0.2, 0) is 0 Å². The zero-order valence-electron chi connectivity index (χ0n) is 4.92. The minimum Gasteiger partial charge on any atom is -0.319 e. The van der Waals surface area contributed by atoms with Gasteiger partial charge >= 0.3 is 0 Å². The normalized spacial score (nSPS) is 25.9. The monoisotopic (exact) mass is 130 g/mol. The lowest BCUT2D eigenvalue weighted by Crippen LogP contribution is -1.95. The zero-order valence-corrected chi connectivity index (χ0v) is 5.74. The molecule has 0 fully saturated rings. The number of nitrogens with one attached hydrogen (secondary N) is 1. The van der Waals surface area contributed by atoms with Gasteiger partial charge in [0.2, 0.25) is 0 Å². The minimum absolute atomic E-state index is 0.486. The van der Waals surface area contributed by atoms with Crippen molar-refractivity contribution in [2.45, 2.75) is 25.1 Å². The maximum atomic E-state index is 4.15. The molecule has 0 aromatic carbocycles. The van der Waals surface area contributed by atoms with E-state index >= 15 is 0 Å². The van der Waals surface area contributed by atoms with Gasteiger partial charge in [0, 0.05) is 0 Å². The van der Waals surface area contributed by atoms with Crippen LogP contribution in [0.15, 0.2) is 4.99 Å². The van der Waals surface area contributed by atoms with E-state index in [4.69, 9.17) is 0 Å². The SMILES string of the molecule is CCCC1N=CNS1. The summed E-state index contributed by atoms with van der Waals surface area (Å²) in [4.78, 5) is 4.15. The average molecular weight is 130 g/mol.